The highest BCUT2D eigenvalue weighted by molar-refractivity contribution is 5.80. The molecule has 0 saturated carbocycles. The zero-order valence-electron chi connectivity index (χ0n) is 17.2. The minimum atomic E-state index is 0.0373. The summed E-state index contributed by atoms with van der Waals surface area (Å²) in [6.45, 7) is 5.58. The molecule has 2 N–H and O–H groups in total. The fourth-order valence-corrected chi connectivity index (χ4v) is 4.38. The first-order valence-electron chi connectivity index (χ1n) is 10.5. The Bertz CT molecular complexity index is 656. The van der Waals surface area contributed by atoms with Crippen molar-refractivity contribution in [2.75, 3.05) is 33.2 Å². The van der Waals surface area contributed by atoms with Crippen LogP contribution in [0, 0.1) is 11.8 Å². The SMILES string of the molecule is CC(N)C1CCCN(C(=O)C2CCN(C(=O)N(C)Cc3ccccc3)CC2)C1. The first kappa shape index (κ1) is 20.6. The molecule has 0 radical (unpaired) electrons. The summed E-state index contributed by atoms with van der Waals surface area (Å²) in [4.78, 5) is 31.3. The van der Waals surface area contributed by atoms with Crippen LogP contribution >= 0.6 is 0 Å². The molecule has 2 unspecified atom stereocenters. The van der Waals surface area contributed by atoms with E-state index in [2.05, 4.69) is 0 Å². The number of nitrogens with two attached hydrogens (primary N) is 1. The summed E-state index contributed by atoms with van der Waals surface area (Å²) in [5.41, 5.74) is 7.18. The van der Waals surface area contributed by atoms with Gasteiger partial charge in [-0.1, -0.05) is 30.3 Å². The van der Waals surface area contributed by atoms with Crippen molar-refractivity contribution in [3.8, 4) is 0 Å². The Morgan fingerprint density at radius 2 is 1.79 bits per heavy atom. The lowest BCUT2D eigenvalue weighted by Crippen LogP contribution is -2.50. The van der Waals surface area contributed by atoms with Crippen LogP contribution in [-0.2, 0) is 11.3 Å². The molecule has 0 bridgehead atoms. The van der Waals surface area contributed by atoms with E-state index in [0.717, 1.165) is 44.3 Å². The molecule has 1 aromatic rings. The van der Waals surface area contributed by atoms with Crippen LogP contribution < -0.4 is 5.73 Å². The highest BCUT2D eigenvalue weighted by atomic mass is 16.2. The summed E-state index contributed by atoms with van der Waals surface area (Å²) in [5, 5.41) is 0. The molecule has 2 heterocycles. The van der Waals surface area contributed by atoms with Gasteiger partial charge in [-0.2, -0.15) is 0 Å². The van der Waals surface area contributed by atoms with Crippen molar-refractivity contribution in [1.82, 2.24) is 14.7 Å². The van der Waals surface area contributed by atoms with Crippen molar-refractivity contribution < 1.29 is 9.59 Å². The van der Waals surface area contributed by atoms with Crippen molar-refractivity contribution in [3.63, 3.8) is 0 Å². The van der Waals surface area contributed by atoms with Crippen molar-refractivity contribution in [3.05, 3.63) is 35.9 Å². The van der Waals surface area contributed by atoms with Gasteiger partial charge in [-0.15, -0.1) is 0 Å². The minimum absolute atomic E-state index is 0.0373. The number of urea groups is 1. The second-order valence-corrected chi connectivity index (χ2v) is 8.43. The first-order valence-corrected chi connectivity index (χ1v) is 10.5. The second-order valence-electron chi connectivity index (χ2n) is 8.43. The Hall–Kier alpha value is -2.08. The van der Waals surface area contributed by atoms with E-state index < -0.39 is 0 Å². The maximum absolute atomic E-state index is 12.9. The van der Waals surface area contributed by atoms with Gasteiger partial charge in [0.25, 0.3) is 0 Å². The predicted molar refractivity (Wildman–Crippen MR) is 111 cm³/mol. The summed E-state index contributed by atoms with van der Waals surface area (Å²) in [7, 11) is 1.84. The number of hydrogen-bond donors (Lipinski definition) is 1. The molecule has 28 heavy (non-hydrogen) atoms. The van der Waals surface area contributed by atoms with Crippen LogP contribution in [-0.4, -0.2) is 65.9 Å². The molecule has 154 valence electrons. The van der Waals surface area contributed by atoms with Gasteiger partial charge in [0.15, 0.2) is 0 Å². The molecule has 0 aliphatic carbocycles. The van der Waals surface area contributed by atoms with Gasteiger partial charge in [0.2, 0.25) is 5.91 Å². The number of benzene rings is 1. The number of nitrogens with zero attached hydrogens (tertiary/aromatic N) is 3. The number of amides is 3. The van der Waals surface area contributed by atoms with Crippen molar-refractivity contribution in [2.45, 2.75) is 45.2 Å². The maximum atomic E-state index is 12.9. The lowest BCUT2D eigenvalue weighted by Gasteiger charge is -2.39. The number of rotatable bonds is 4. The minimum Gasteiger partial charge on any atom is -0.342 e. The van der Waals surface area contributed by atoms with Gasteiger partial charge in [0, 0.05) is 51.7 Å². The molecule has 2 aliphatic heterocycles. The summed E-state index contributed by atoms with van der Waals surface area (Å²) in [5.74, 6) is 0.705. The van der Waals surface area contributed by atoms with Crippen molar-refractivity contribution in [1.29, 1.82) is 0 Å². The van der Waals surface area contributed by atoms with Gasteiger partial charge < -0.3 is 20.4 Å². The number of likely N-dealkylation sites (tertiary alicyclic amines) is 2. The molecule has 6 nitrogen and oxygen atoms in total. The van der Waals surface area contributed by atoms with E-state index >= 15 is 0 Å². The highest BCUT2D eigenvalue weighted by Crippen LogP contribution is 2.25. The fraction of sp³-hybridized carbons (Fsp3) is 0.636. The van der Waals surface area contributed by atoms with Crippen LogP contribution in [0.15, 0.2) is 30.3 Å². The molecule has 6 heteroatoms. The van der Waals surface area contributed by atoms with Crippen LogP contribution in [0.4, 0.5) is 4.79 Å². The van der Waals surface area contributed by atoms with Crippen LogP contribution in [0.25, 0.3) is 0 Å². The number of piperidine rings is 2. The van der Waals surface area contributed by atoms with E-state index in [4.69, 9.17) is 5.73 Å². The topological polar surface area (TPSA) is 69.9 Å². The zero-order valence-corrected chi connectivity index (χ0v) is 17.2. The van der Waals surface area contributed by atoms with E-state index in [1.54, 1.807) is 4.90 Å². The van der Waals surface area contributed by atoms with Gasteiger partial charge >= 0.3 is 6.03 Å². The van der Waals surface area contributed by atoms with Gasteiger partial charge in [-0.3, -0.25) is 4.79 Å². The standard InChI is InChI=1S/C22H34N4O2/c1-17(23)20-9-6-12-26(16-20)21(27)19-10-13-25(14-11-19)22(28)24(2)15-18-7-4-3-5-8-18/h3-5,7-8,17,19-20H,6,9-16,23H2,1-2H3. The molecule has 2 atom stereocenters. The largest absolute Gasteiger partial charge is 0.342 e. The summed E-state index contributed by atoms with van der Waals surface area (Å²) in [6.07, 6.45) is 3.66. The Morgan fingerprint density at radius 1 is 1.11 bits per heavy atom. The molecule has 0 spiro atoms. The average Bonchev–Trinajstić information content (AvgIpc) is 2.73. The van der Waals surface area contributed by atoms with Crippen LogP contribution in [0.3, 0.4) is 0 Å². The van der Waals surface area contributed by atoms with Crippen molar-refractivity contribution >= 4 is 11.9 Å². The lowest BCUT2D eigenvalue weighted by atomic mass is 9.89. The van der Waals surface area contributed by atoms with Gasteiger partial charge in [-0.05, 0) is 44.1 Å². The Labute approximate surface area is 168 Å². The molecular formula is C22H34N4O2. The molecule has 2 fully saturated rings. The third-order valence-electron chi connectivity index (χ3n) is 6.22. The van der Waals surface area contributed by atoms with E-state index in [-0.39, 0.29) is 23.9 Å². The molecule has 3 amide bonds. The number of carbonyl (C=O) groups is 2. The molecule has 2 aliphatic rings. The van der Waals surface area contributed by atoms with E-state index in [9.17, 15) is 9.59 Å². The average molecular weight is 387 g/mol. The Balaban J connectivity index is 1.48. The van der Waals surface area contributed by atoms with Gasteiger partial charge in [0.05, 0.1) is 0 Å². The van der Waals surface area contributed by atoms with Crippen LogP contribution in [0.1, 0.15) is 38.2 Å². The maximum Gasteiger partial charge on any atom is 0.320 e. The highest BCUT2D eigenvalue weighted by Gasteiger charge is 2.33. The summed E-state index contributed by atoms with van der Waals surface area (Å²) in [6, 6.07) is 10.2. The fourth-order valence-electron chi connectivity index (χ4n) is 4.38. The zero-order chi connectivity index (χ0) is 20.1. The lowest BCUT2D eigenvalue weighted by molar-refractivity contribution is -0.138. The number of hydrogen-bond acceptors (Lipinski definition) is 3. The van der Waals surface area contributed by atoms with E-state index in [0.29, 0.717) is 25.6 Å². The summed E-state index contributed by atoms with van der Waals surface area (Å²) < 4.78 is 0. The molecule has 2 saturated heterocycles. The first-order chi connectivity index (χ1) is 13.5. The van der Waals surface area contributed by atoms with Crippen molar-refractivity contribution in [2.24, 2.45) is 17.6 Å². The van der Waals surface area contributed by atoms with Gasteiger partial charge in [0.1, 0.15) is 0 Å². The third-order valence-corrected chi connectivity index (χ3v) is 6.22. The Morgan fingerprint density at radius 3 is 2.43 bits per heavy atom. The monoisotopic (exact) mass is 386 g/mol. The molecule has 3 rings (SSSR count). The molecule has 1 aromatic carbocycles. The molecular weight excluding hydrogens is 352 g/mol. The Kier molecular flexibility index (Phi) is 6.94. The summed E-state index contributed by atoms with van der Waals surface area (Å²) >= 11 is 0. The van der Waals surface area contributed by atoms with E-state index in [1.807, 2.05) is 54.1 Å². The predicted octanol–water partition coefficient (Wildman–Crippen LogP) is 2.54. The van der Waals surface area contributed by atoms with E-state index in [1.165, 1.54) is 0 Å². The van der Waals surface area contributed by atoms with Crippen LogP contribution in [0.2, 0.25) is 0 Å². The second kappa shape index (κ2) is 9.41. The smallest absolute Gasteiger partial charge is 0.320 e. The number of carbonyl (C=O) groups excluding carboxylic acids is 2. The quantitative estimate of drug-likeness (QED) is 0.864. The van der Waals surface area contributed by atoms with Crippen LogP contribution in [0.5, 0.6) is 0 Å². The third kappa shape index (κ3) is 5.04. The normalized spacial score (nSPS) is 22.0. The molecule has 0 aromatic heterocycles. The van der Waals surface area contributed by atoms with Gasteiger partial charge in [-0.25, -0.2) is 4.79 Å².